The van der Waals surface area contributed by atoms with Crippen molar-refractivity contribution in [3.8, 4) is 17.1 Å². The van der Waals surface area contributed by atoms with Crippen LogP contribution in [0.25, 0.3) is 11.3 Å². The Morgan fingerprint density at radius 1 is 1.06 bits per heavy atom. The fourth-order valence-electron chi connectivity index (χ4n) is 6.01. The maximum absolute atomic E-state index is 13.6. The summed E-state index contributed by atoms with van der Waals surface area (Å²) in [5.41, 5.74) is 4.61. The molecule has 1 fully saturated rings. The minimum atomic E-state index is -3.74. The van der Waals surface area contributed by atoms with Crippen LogP contribution in [0.2, 0.25) is 0 Å². The van der Waals surface area contributed by atoms with E-state index in [-0.39, 0.29) is 40.4 Å². The number of benzene rings is 2. The first-order chi connectivity index (χ1) is 23.0. The molecular weight excluding hydrogens is 641 g/mol. The van der Waals surface area contributed by atoms with Crippen molar-refractivity contribution in [3.05, 3.63) is 83.4 Å². The minimum absolute atomic E-state index is 0.00523. The molecule has 49 heavy (non-hydrogen) atoms. The Hall–Kier alpha value is -4.62. The van der Waals surface area contributed by atoms with Gasteiger partial charge in [-0.25, -0.2) is 28.7 Å². The number of carbonyl (C=O) groups is 1. The Bertz CT molecular complexity index is 1900. The molecule has 2 aromatic carbocycles. The first-order valence-corrected chi connectivity index (χ1v) is 17.8. The first-order valence-electron chi connectivity index (χ1n) is 16.3. The summed E-state index contributed by atoms with van der Waals surface area (Å²) in [6.07, 6.45) is 4.54. The highest BCUT2D eigenvalue weighted by atomic mass is 32.2. The predicted molar refractivity (Wildman–Crippen MR) is 191 cm³/mol. The molecule has 13 heteroatoms. The van der Waals surface area contributed by atoms with Crippen LogP contribution in [0.1, 0.15) is 68.3 Å². The number of rotatable bonds is 13. The van der Waals surface area contributed by atoms with Crippen LogP contribution in [0.4, 0.5) is 11.6 Å². The Labute approximate surface area is 288 Å². The second kappa shape index (κ2) is 14.1. The second-order valence-corrected chi connectivity index (χ2v) is 16.5. The summed E-state index contributed by atoms with van der Waals surface area (Å²) in [5.74, 6) is -0.331. The van der Waals surface area contributed by atoms with Gasteiger partial charge in [-0.2, -0.15) is 4.98 Å². The number of ether oxygens (including phenoxy) is 1. The van der Waals surface area contributed by atoms with Crippen molar-refractivity contribution in [2.75, 3.05) is 29.3 Å². The van der Waals surface area contributed by atoms with E-state index in [4.69, 9.17) is 9.52 Å². The van der Waals surface area contributed by atoms with Gasteiger partial charge >= 0.3 is 5.97 Å². The van der Waals surface area contributed by atoms with Crippen molar-refractivity contribution in [3.63, 3.8) is 0 Å². The zero-order valence-electron chi connectivity index (χ0n) is 29.2. The molecule has 1 unspecified atom stereocenters. The maximum Gasteiger partial charge on any atom is 0.335 e. The summed E-state index contributed by atoms with van der Waals surface area (Å²) in [5, 5.41) is 13.0. The summed E-state index contributed by atoms with van der Waals surface area (Å²) < 4.78 is 31.2. The topological polar surface area (TPSA) is 166 Å². The van der Waals surface area contributed by atoms with Crippen LogP contribution < -0.4 is 19.7 Å². The summed E-state index contributed by atoms with van der Waals surface area (Å²) >= 11 is 0. The highest BCUT2D eigenvalue weighted by Crippen LogP contribution is 2.33. The average Bonchev–Trinajstić information content (AvgIpc) is 3.00. The monoisotopic (exact) mass is 686 g/mol. The Morgan fingerprint density at radius 3 is 2.33 bits per heavy atom. The van der Waals surface area contributed by atoms with Crippen molar-refractivity contribution in [2.45, 2.75) is 72.4 Å². The number of aromatic nitrogens is 4. The molecule has 2 aromatic heterocycles. The van der Waals surface area contributed by atoms with Crippen molar-refractivity contribution < 1.29 is 18.8 Å². The Balaban J connectivity index is 1.37. The van der Waals surface area contributed by atoms with Gasteiger partial charge in [-0.1, -0.05) is 58.9 Å². The number of aromatic carboxylic acids is 1. The van der Waals surface area contributed by atoms with Crippen molar-refractivity contribution in [1.29, 1.82) is 4.78 Å². The van der Waals surface area contributed by atoms with Gasteiger partial charge in [0.1, 0.15) is 12.4 Å². The summed E-state index contributed by atoms with van der Waals surface area (Å²) in [4.78, 5) is 32.1. The van der Waals surface area contributed by atoms with Crippen LogP contribution in [0.15, 0.2) is 65.8 Å². The molecule has 12 nitrogen and oxygen atoms in total. The summed E-state index contributed by atoms with van der Waals surface area (Å²) in [6.45, 7) is 17.6. The van der Waals surface area contributed by atoms with Crippen LogP contribution in [0.3, 0.4) is 0 Å². The van der Waals surface area contributed by atoms with E-state index in [0.717, 1.165) is 41.9 Å². The molecule has 0 amide bonds. The van der Waals surface area contributed by atoms with E-state index in [1.165, 1.54) is 24.3 Å². The lowest BCUT2D eigenvalue weighted by Gasteiger charge is -2.47. The normalized spacial score (nSPS) is 15.9. The number of nitrogens with one attached hydrogen (secondary N) is 3. The van der Waals surface area contributed by atoms with E-state index in [1.54, 1.807) is 6.07 Å². The molecule has 0 radical (unpaired) electrons. The molecule has 1 aliphatic rings. The van der Waals surface area contributed by atoms with Gasteiger partial charge in [0.05, 0.1) is 40.8 Å². The fourth-order valence-corrected chi connectivity index (χ4v) is 7.04. The van der Waals surface area contributed by atoms with Crippen LogP contribution in [0, 0.1) is 29.5 Å². The zero-order chi connectivity index (χ0) is 35.6. The van der Waals surface area contributed by atoms with Crippen molar-refractivity contribution >= 4 is 27.5 Å². The minimum Gasteiger partial charge on any atom is -0.478 e. The van der Waals surface area contributed by atoms with E-state index in [9.17, 15) is 14.1 Å². The number of carboxylic acid groups (broad SMARTS) is 1. The van der Waals surface area contributed by atoms with Gasteiger partial charge in [0.25, 0.3) is 0 Å². The van der Waals surface area contributed by atoms with Gasteiger partial charge in [-0.3, -0.25) is 4.72 Å². The Morgan fingerprint density at radius 2 is 1.71 bits per heavy atom. The first kappa shape index (κ1) is 35.7. The number of hydrogen-bond acceptors (Lipinski definition) is 10. The van der Waals surface area contributed by atoms with Crippen LogP contribution in [-0.4, -0.2) is 61.0 Å². The highest BCUT2D eigenvalue weighted by molar-refractivity contribution is 7.93. The molecule has 1 aliphatic heterocycles. The molecule has 3 heterocycles. The van der Waals surface area contributed by atoms with Gasteiger partial charge in [0.15, 0.2) is 9.92 Å². The molecule has 260 valence electrons. The molecule has 4 aromatic rings. The Kier molecular flexibility index (Phi) is 10.3. The fraction of sp³-hybridized carbons (Fsp3) is 0.417. The third kappa shape index (κ3) is 9.30. The largest absolute Gasteiger partial charge is 0.478 e. The number of carboxylic acids is 1. The zero-order valence-corrected chi connectivity index (χ0v) is 30.0. The van der Waals surface area contributed by atoms with E-state index in [2.05, 4.69) is 69.5 Å². The summed E-state index contributed by atoms with van der Waals surface area (Å²) in [7, 11) is -3.74. The van der Waals surface area contributed by atoms with Crippen molar-refractivity contribution in [2.24, 2.45) is 10.8 Å². The standard InChI is InChI=1S/C36H46N8O4S/c1-23-10-8-11-24(2)32(23)29-15-31(42-34(41-29)43-49(37,47)28-13-9-12-25(14-28)33(45)46)48-20-26(16-35(3,4)5)38-19-30-39-17-27(18-40-30)44-21-36(6,7)22-44/h8-15,17-18,26,38H,16,19-22H2,1-7H3,(H,45,46)(H2,37,41,42,43,47)/t26-,49?/m1/s1. The lowest BCUT2D eigenvalue weighted by Crippen LogP contribution is -2.53. The maximum atomic E-state index is 13.6. The third-order valence-corrected chi connectivity index (χ3v) is 9.61. The predicted octanol–water partition coefficient (Wildman–Crippen LogP) is 6.50. The second-order valence-electron chi connectivity index (χ2n) is 14.7. The molecule has 0 aliphatic carbocycles. The van der Waals surface area contributed by atoms with E-state index < -0.39 is 15.9 Å². The quantitative estimate of drug-likeness (QED) is 0.122. The molecule has 1 saturated heterocycles. The van der Waals surface area contributed by atoms with Gasteiger partial charge in [-0.15, -0.1) is 0 Å². The van der Waals surface area contributed by atoms with E-state index in [0.29, 0.717) is 23.5 Å². The van der Waals surface area contributed by atoms with Gasteiger partial charge in [0.2, 0.25) is 11.8 Å². The number of aryl methyl sites for hydroxylation is 2. The van der Waals surface area contributed by atoms with E-state index >= 15 is 0 Å². The van der Waals surface area contributed by atoms with Gasteiger partial charge in [-0.05, 0) is 60.4 Å². The van der Waals surface area contributed by atoms with Gasteiger partial charge in [0, 0.05) is 30.8 Å². The molecular formula is C36H46N8O4S. The lowest BCUT2D eigenvalue weighted by atomic mass is 9.84. The SMILES string of the molecule is Cc1cccc(C)c1-c1cc(OC[C@@H](CC(C)(C)C)NCc2ncc(N3CC(C)(C)C3)cn2)nc(NS(=N)(=O)c2cccc(C(=O)O)c2)n1. The lowest BCUT2D eigenvalue weighted by molar-refractivity contribution is 0.0696. The average molecular weight is 687 g/mol. The number of hydrogen-bond donors (Lipinski definition) is 4. The molecule has 0 saturated carbocycles. The molecule has 5 rings (SSSR count). The van der Waals surface area contributed by atoms with E-state index in [1.807, 2.05) is 44.4 Å². The number of anilines is 2. The molecule has 4 N–H and O–H groups in total. The van der Waals surface area contributed by atoms with Crippen LogP contribution in [-0.2, 0) is 16.5 Å². The molecule has 0 bridgehead atoms. The third-order valence-electron chi connectivity index (χ3n) is 8.22. The smallest absolute Gasteiger partial charge is 0.335 e. The van der Waals surface area contributed by atoms with Gasteiger partial charge < -0.3 is 20.1 Å². The van der Waals surface area contributed by atoms with Crippen molar-refractivity contribution in [1.82, 2.24) is 25.3 Å². The molecule has 0 spiro atoms. The highest BCUT2D eigenvalue weighted by Gasteiger charge is 2.34. The molecule has 2 atom stereocenters. The van der Waals surface area contributed by atoms with Crippen LogP contribution in [0.5, 0.6) is 5.88 Å². The number of nitrogens with zero attached hydrogens (tertiary/aromatic N) is 5. The summed E-state index contributed by atoms with van der Waals surface area (Å²) in [6, 6.07) is 13.0. The van der Waals surface area contributed by atoms with Crippen LogP contribution >= 0.6 is 0 Å².